The van der Waals surface area contributed by atoms with Crippen LogP contribution < -0.4 is 5.73 Å². The summed E-state index contributed by atoms with van der Waals surface area (Å²) in [6.07, 6.45) is 0. The molecule has 0 aliphatic rings. The van der Waals surface area contributed by atoms with Crippen LogP contribution >= 0.6 is 0 Å². The third kappa shape index (κ3) is 3.19. The molecule has 0 aliphatic carbocycles. The lowest BCUT2D eigenvalue weighted by atomic mass is 10.3. The number of aromatic carboxylic acids is 1. The van der Waals surface area contributed by atoms with Gasteiger partial charge < -0.3 is 21.1 Å². The third-order valence-corrected chi connectivity index (χ3v) is 2.87. The number of rotatable bonds is 8. The van der Waals surface area contributed by atoms with E-state index in [-0.39, 0.29) is 55.9 Å². The van der Waals surface area contributed by atoms with Gasteiger partial charge >= 0.3 is 5.97 Å². The Balaban J connectivity index is 2.40. The Labute approximate surface area is 123 Å². The Hall–Kier alpha value is -2.57. The zero-order valence-electron chi connectivity index (χ0n) is 11.5. The number of carbonyl (C=O) groups is 1. The van der Waals surface area contributed by atoms with Gasteiger partial charge in [0.2, 0.25) is 11.6 Å². The van der Waals surface area contributed by atoms with E-state index >= 15 is 0 Å². The monoisotopic (exact) mass is 313 g/mol. The van der Waals surface area contributed by atoms with Crippen molar-refractivity contribution in [1.29, 1.82) is 0 Å². The average molecular weight is 313 g/mol. The van der Waals surface area contributed by atoms with Crippen LogP contribution in [-0.2, 0) is 6.54 Å². The molecule has 12 nitrogen and oxygen atoms in total. The quantitative estimate of drug-likeness (QED) is 0.412. The number of nitrogens with two attached hydrogens (primary N) is 1. The SMILES string of the molecule is Nc1nonc1-n1nnc(C(=O)O)c1CN(CCO)CCO. The van der Waals surface area contributed by atoms with Crippen molar-refractivity contribution in [2.75, 3.05) is 32.0 Å². The molecular weight excluding hydrogens is 298 g/mol. The van der Waals surface area contributed by atoms with Gasteiger partial charge in [0.25, 0.3) is 0 Å². The van der Waals surface area contributed by atoms with E-state index in [1.807, 2.05) is 0 Å². The summed E-state index contributed by atoms with van der Waals surface area (Å²) >= 11 is 0. The van der Waals surface area contributed by atoms with E-state index in [4.69, 9.17) is 15.9 Å². The predicted octanol–water partition coefficient (Wildman–Crippen LogP) is -2.28. The van der Waals surface area contributed by atoms with Gasteiger partial charge in [-0.05, 0) is 10.3 Å². The molecule has 0 aromatic carbocycles. The summed E-state index contributed by atoms with van der Waals surface area (Å²) in [7, 11) is 0. The van der Waals surface area contributed by atoms with E-state index in [9.17, 15) is 9.90 Å². The van der Waals surface area contributed by atoms with Crippen LogP contribution in [0.3, 0.4) is 0 Å². The smallest absolute Gasteiger partial charge is 0.358 e. The topological polar surface area (TPSA) is 177 Å². The molecule has 0 spiro atoms. The molecule has 2 rings (SSSR count). The predicted molar refractivity (Wildman–Crippen MR) is 70.0 cm³/mol. The third-order valence-electron chi connectivity index (χ3n) is 2.87. The number of carboxylic acids is 1. The average Bonchev–Trinajstić information content (AvgIpc) is 3.05. The lowest BCUT2D eigenvalue weighted by Gasteiger charge is -2.20. The molecule has 2 heterocycles. The molecule has 2 aromatic heterocycles. The lowest BCUT2D eigenvalue weighted by molar-refractivity contribution is 0.0687. The molecule has 0 aliphatic heterocycles. The molecule has 0 radical (unpaired) electrons. The summed E-state index contributed by atoms with van der Waals surface area (Å²) in [5.41, 5.74) is 5.47. The van der Waals surface area contributed by atoms with Crippen molar-refractivity contribution in [2.45, 2.75) is 6.54 Å². The zero-order chi connectivity index (χ0) is 16.1. The first-order chi connectivity index (χ1) is 10.6. The van der Waals surface area contributed by atoms with E-state index in [0.29, 0.717) is 0 Å². The van der Waals surface area contributed by atoms with E-state index in [0.717, 1.165) is 4.68 Å². The van der Waals surface area contributed by atoms with E-state index < -0.39 is 5.97 Å². The highest BCUT2D eigenvalue weighted by Crippen LogP contribution is 2.17. The van der Waals surface area contributed by atoms with Gasteiger partial charge in [0, 0.05) is 19.6 Å². The van der Waals surface area contributed by atoms with Crippen LogP contribution in [-0.4, -0.2) is 77.8 Å². The van der Waals surface area contributed by atoms with Gasteiger partial charge in [0.1, 0.15) is 0 Å². The number of aliphatic hydroxyl groups is 2. The van der Waals surface area contributed by atoms with Crippen LogP contribution in [0.25, 0.3) is 5.82 Å². The van der Waals surface area contributed by atoms with Crippen molar-refractivity contribution in [1.82, 2.24) is 30.2 Å². The number of aromatic nitrogens is 5. The molecule has 22 heavy (non-hydrogen) atoms. The first kappa shape index (κ1) is 15.8. The number of aliphatic hydroxyl groups excluding tert-OH is 2. The summed E-state index contributed by atoms with van der Waals surface area (Å²) in [6.45, 7) is 0.214. The van der Waals surface area contributed by atoms with Crippen LogP contribution in [0.2, 0.25) is 0 Å². The number of nitrogen functional groups attached to an aromatic ring is 1. The van der Waals surface area contributed by atoms with Gasteiger partial charge in [-0.3, -0.25) is 4.90 Å². The van der Waals surface area contributed by atoms with Gasteiger partial charge in [0.15, 0.2) is 5.69 Å². The molecular formula is C10H15N7O5. The van der Waals surface area contributed by atoms with E-state index in [2.05, 4.69) is 25.3 Å². The fourth-order valence-electron chi connectivity index (χ4n) is 1.88. The maximum absolute atomic E-state index is 11.3. The molecule has 0 atom stereocenters. The minimum atomic E-state index is -1.27. The first-order valence-corrected chi connectivity index (χ1v) is 6.28. The maximum atomic E-state index is 11.3. The Kier molecular flexibility index (Phi) is 4.98. The molecule has 12 heteroatoms. The Bertz CT molecular complexity index is 633. The number of carboxylic acid groups (broad SMARTS) is 1. The van der Waals surface area contributed by atoms with Gasteiger partial charge in [-0.1, -0.05) is 5.21 Å². The van der Waals surface area contributed by atoms with Crippen LogP contribution in [0.15, 0.2) is 4.63 Å². The first-order valence-electron chi connectivity index (χ1n) is 6.28. The van der Waals surface area contributed by atoms with E-state index in [1.165, 1.54) is 0 Å². The summed E-state index contributed by atoms with van der Waals surface area (Å²) in [5, 5.41) is 41.5. The Morgan fingerprint density at radius 3 is 2.45 bits per heavy atom. The van der Waals surface area contributed by atoms with Crippen molar-refractivity contribution in [2.24, 2.45) is 0 Å². The molecule has 0 amide bonds. The van der Waals surface area contributed by atoms with Gasteiger partial charge in [0.05, 0.1) is 18.9 Å². The van der Waals surface area contributed by atoms with E-state index in [1.54, 1.807) is 4.90 Å². The number of nitrogens with zero attached hydrogens (tertiary/aromatic N) is 6. The number of hydrogen-bond donors (Lipinski definition) is 4. The normalized spacial score (nSPS) is 11.2. The van der Waals surface area contributed by atoms with Gasteiger partial charge in [-0.2, -0.15) is 4.68 Å². The number of hydrogen-bond acceptors (Lipinski definition) is 10. The van der Waals surface area contributed by atoms with Crippen LogP contribution in [0.5, 0.6) is 0 Å². The van der Waals surface area contributed by atoms with Crippen molar-refractivity contribution in [3.8, 4) is 5.82 Å². The summed E-state index contributed by atoms with van der Waals surface area (Å²) in [5.74, 6) is -1.33. The Morgan fingerprint density at radius 2 is 1.95 bits per heavy atom. The molecule has 0 bridgehead atoms. The zero-order valence-corrected chi connectivity index (χ0v) is 11.5. The second-order valence-electron chi connectivity index (χ2n) is 4.30. The fraction of sp³-hybridized carbons (Fsp3) is 0.500. The largest absolute Gasteiger partial charge is 0.476 e. The molecule has 5 N–H and O–H groups in total. The molecule has 0 fully saturated rings. The minimum absolute atomic E-state index is 0.0166. The molecule has 0 saturated heterocycles. The second-order valence-corrected chi connectivity index (χ2v) is 4.30. The van der Waals surface area contributed by atoms with Gasteiger partial charge in [-0.25, -0.2) is 9.42 Å². The highest BCUT2D eigenvalue weighted by Gasteiger charge is 2.24. The summed E-state index contributed by atoms with van der Waals surface area (Å²) < 4.78 is 5.58. The van der Waals surface area contributed by atoms with Crippen LogP contribution in [0.1, 0.15) is 16.2 Å². The maximum Gasteiger partial charge on any atom is 0.358 e. The van der Waals surface area contributed by atoms with Crippen molar-refractivity contribution in [3.05, 3.63) is 11.4 Å². The minimum Gasteiger partial charge on any atom is -0.476 e. The van der Waals surface area contributed by atoms with Crippen molar-refractivity contribution in [3.63, 3.8) is 0 Å². The standard InChI is InChI=1S/C10H15N7O5/c11-8-9(14-22-13-8)17-6(7(10(20)21)12-15-17)5-16(1-3-18)2-4-19/h18-19H,1-5H2,(H2,11,13)(H,20,21). The van der Waals surface area contributed by atoms with Crippen molar-refractivity contribution < 1.29 is 24.7 Å². The van der Waals surface area contributed by atoms with Crippen LogP contribution in [0.4, 0.5) is 5.82 Å². The summed E-state index contributed by atoms with van der Waals surface area (Å²) in [6, 6.07) is 0. The van der Waals surface area contributed by atoms with Crippen molar-refractivity contribution >= 4 is 11.8 Å². The fourth-order valence-corrected chi connectivity index (χ4v) is 1.88. The molecule has 2 aromatic rings. The molecule has 0 unspecified atom stereocenters. The number of anilines is 1. The molecule has 120 valence electrons. The van der Waals surface area contributed by atoms with Gasteiger partial charge in [-0.15, -0.1) is 5.10 Å². The summed E-state index contributed by atoms with van der Waals surface area (Å²) in [4.78, 5) is 12.9. The lowest BCUT2D eigenvalue weighted by Crippen LogP contribution is -2.31. The molecule has 0 saturated carbocycles. The second kappa shape index (κ2) is 6.93. The highest BCUT2D eigenvalue weighted by molar-refractivity contribution is 5.86. The van der Waals surface area contributed by atoms with Crippen LogP contribution in [0, 0.1) is 0 Å². The Morgan fingerprint density at radius 1 is 1.27 bits per heavy atom. The highest BCUT2D eigenvalue weighted by atomic mass is 16.6.